The van der Waals surface area contributed by atoms with Gasteiger partial charge in [-0.2, -0.15) is 0 Å². The van der Waals surface area contributed by atoms with E-state index in [1.54, 1.807) is 43.5 Å². The molecule has 0 aromatic heterocycles. The molecule has 6 nitrogen and oxygen atoms in total. The van der Waals surface area contributed by atoms with Crippen LogP contribution in [-0.2, 0) is 16.6 Å². The van der Waals surface area contributed by atoms with Gasteiger partial charge in [-0.15, -0.1) is 0 Å². The van der Waals surface area contributed by atoms with Gasteiger partial charge in [0, 0.05) is 12.1 Å². The Morgan fingerprint density at radius 1 is 0.917 bits per heavy atom. The zero-order valence-electron chi connectivity index (χ0n) is 14.1. The van der Waals surface area contributed by atoms with Crippen LogP contribution in [0.1, 0.15) is 5.56 Å². The molecule has 24 heavy (non-hydrogen) atoms. The Hall–Kier alpha value is -2.41. The molecular formula is C17H21NO5S. The second-order valence-corrected chi connectivity index (χ2v) is 7.02. The van der Waals surface area contributed by atoms with Crippen molar-refractivity contribution in [1.29, 1.82) is 0 Å². The second kappa shape index (κ2) is 7.44. The summed E-state index contributed by atoms with van der Waals surface area (Å²) in [6.45, 7) is 0.0825. The lowest BCUT2D eigenvalue weighted by molar-refractivity contribution is 0.369. The molecule has 0 spiro atoms. The first-order valence-corrected chi connectivity index (χ1v) is 9.07. The third kappa shape index (κ3) is 3.91. The molecule has 0 aliphatic heterocycles. The standard InChI is InChI=1S/C17H21NO5S/c1-21-14-10-16(22-2)15(17(11-14)23-3)12-18(24(4,19)20)13-8-6-5-7-9-13/h5-11H,12H2,1-4H3. The maximum atomic E-state index is 12.3. The zero-order chi connectivity index (χ0) is 17.7. The van der Waals surface area contributed by atoms with Crippen LogP contribution in [0.3, 0.4) is 0 Å². The quantitative estimate of drug-likeness (QED) is 0.767. The van der Waals surface area contributed by atoms with Gasteiger partial charge in [0.05, 0.1) is 45.4 Å². The maximum absolute atomic E-state index is 12.3. The van der Waals surface area contributed by atoms with Gasteiger partial charge in [0.15, 0.2) is 0 Å². The number of benzene rings is 2. The lowest BCUT2D eigenvalue weighted by Crippen LogP contribution is -2.29. The Balaban J connectivity index is 2.54. The van der Waals surface area contributed by atoms with Crippen LogP contribution in [0.4, 0.5) is 5.69 Å². The van der Waals surface area contributed by atoms with Crippen molar-refractivity contribution in [2.24, 2.45) is 0 Å². The van der Waals surface area contributed by atoms with Crippen molar-refractivity contribution < 1.29 is 22.6 Å². The molecule has 0 saturated heterocycles. The summed E-state index contributed by atoms with van der Waals surface area (Å²) in [5.41, 5.74) is 1.19. The Morgan fingerprint density at radius 2 is 1.46 bits per heavy atom. The molecule has 0 bridgehead atoms. The minimum atomic E-state index is -3.49. The van der Waals surface area contributed by atoms with E-state index in [1.807, 2.05) is 6.07 Å². The van der Waals surface area contributed by atoms with Crippen molar-refractivity contribution in [2.45, 2.75) is 6.54 Å². The van der Waals surface area contributed by atoms with Gasteiger partial charge >= 0.3 is 0 Å². The number of hydrogen-bond donors (Lipinski definition) is 0. The highest BCUT2D eigenvalue weighted by Crippen LogP contribution is 2.36. The normalized spacial score (nSPS) is 11.0. The Labute approximate surface area is 142 Å². The number of rotatable bonds is 7. The van der Waals surface area contributed by atoms with Crippen molar-refractivity contribution in [1.82, 2.24) is 0 Å². The molecule has 2 rings (SSSR count). The van der Waals surface area contributed by atoms with Crippen LogP contribution in [0.5, 0.6) is 17.2 Å². The van der Waals surface area contributed by atoms with Gasteiger partial charge in [-0.1, -0.05) is 18.2 Å². The zero-order valence-corrected chi connectivity index (χ0v) is 15.0. The van der Waals surface area contributed by atoms with Crippen molar-refractivity contribution in [3.05, 3.63) is 48.0 Å². The molecule has 0 radical (unpaired) electrons. The fraction of sp³-hybridized carbons (Fsp3) is 0.294. The highest BCUT2D eigenvalue weighted by atomic mass is 32.2. The largest absolute Gasteiger partial charge is 0.496 e. The topological polar surface area (TPSA) is 65.1 Å². The molecule has 0 saturated carbocycles. The van der Waals surface area contributed by atoms with Crippen LogP contribution in [-0.4, -0.2) is 36.0 Å². The number of anilines is 1. The molecule has 130 valence electrons. The van der Waals surface area contributed by atoms with E-state index >= 15 is 0 Å². The maximum Gasteiger partial charge on any atom is 0.232 e. The fourth-order valence-corrected chi connectivity index (χ4v) is 3.24. The average Bonchev–Trinajstić information content (AvgIpc) is 2.58. The van der Waals surface area contributed by atoms with Crippen LogP contribution >= 0.6 is 0 Å². The van der Waals surface area contributed by atoms with Crippen LogP contribution in [0.15, 0.2) is 42.5 Å². The predicted molar refractivity (Wildman–Crippen MR) is 93.6 cm³/mol. The van der Waals surface area contributed by atoms with Gasteiger partial charge in [-0.05, 0) is 12.1 Å². The first kappa shape index (κ1) is 17.9. The molecule has 0 atom stereocenters. The molecule has 0 aliphatic carbocycles. The molecule has 0 aliphatic rings. The van der Waals surface area contributed by atoms with Crippen LogP contribution in [0.2, 0.25) is 0 Å². The lowest BCUT2D eigenvalue weighted by Gasteiger charge is -2.24. The van der Waals surface area contributed by atoms with E-state index in [2.05, 4.69) is 0 Å². The van der Waals surface area contributed by atoms with Gasteiger partial charge in [-0.25, -0.2) is 8.42 Å². The number of para-hydroxylation sites is 1. The molecule has 0 amide bonds. The average molecular weight is 351 g/mol. The van der Waals surface area contributed by atoms with E-state index in [9.17, 15) is 8.42 Å². The minimum Gasteiger partial charge on any atom is -0.496 e. The van der Waals surface area contributed by atoms with E-state index in [4.69, 9.17) is 14.2 Å². The Bertz CT molecular complexity index is 765. The SMILES string of the molecule is COc1cc(OC)c(CN(c2ccccc2)S(C)(=O)=O)c(OC)c1. The second-order valence-electron chi connectivity index (χ2n) is 5.12. The third-order valence-corrected chi connectivity index (χ3v) is 4.70. The van der Waals surface area contributed by atoms with E-state index < -0.39 is 10.0 Å². The van der Waals surface area contributed by atoms with Crippen molar-refractivity contribution in [2.75, 3.05) is 31.9 Å². The highest BCUT2D eigenvalue weighted by Gasteiger charge is 2.22. The molecule has 2 aromatic carbocycles. The summed E-state index contributed by atoms with van der Waals surface area (Å²) in [6.07, 6.45) is 1.17. The fourth-order valence-electron chi connectivity index (χ4n) is 2.37. The summed E-state index contributed by atoms with van der Waals surface area (Å²) in [5, 5.41) is 0. The smallest absolute Gasteiger partial charge is 0.232 e. The molecule has 0 N–H and O–H groups in total. The predicted octanol–water partition coefficient (Wildman–Crippen LogP) is 2.68. The molecule has 0 unspecified atom stereocenters. The first-order chi connectivity index (χ1) is 11.4. The summed E-state index contributed by atoms with van der Waals surface area (Å²) in [4.78, 5) is 0. The Morgan fingerprint density at radius 3 is 1.88 bits per heavy atom. The summed E-state index contributed by atoms with van der Waals surface area (Å²) >= 11 is 0. The number of ether oxygens (including phenoxy) is 3. The van der Waals surface area contributed by atoms with Crippen LogP contribution in [0.25, 0.3) is 0 Å². The highest BCUT2D eigenvalue weighted by molar-refractivity contribution is 7.92. The summed E-state index contributed by atoms with van der Waals surface area (Å²) in [5.74, 6) is 1.56. The van der Waals surface area contributed by atoms with Gasteiger partial charge in [0.1, 0.15) is 17.2 Å². The summed E-state index contributed by atoms with van der Waals surface area (Å²) in [6, 6.07) is 12.3. The molecular weight excluding hydrogens is 330 g/mol. The molecule has 7 heteroatoms. The monoisotopic (exact) mass is 351 g/mol. The molecule has 2 aromatic rings. The van der Waals surface area contributed by atoms with Gasteiger partial charge in [0.25, 0.3) is 0 Å². The molecule has 0 fully saturated rings. The minimum absolute atomic E-state index is 0.0825. The number of sulfonamides is 1. The van der Waals surface area contributed by atoms with E-state index in [0.717, 1.165) is 0 Å². The van der Waals surface area contributed by atoms with E-state index in [1.165, 1.54) is 24.8 Å². The number of hydrogen-bond acceptors (Lipinski definition) is 5. The summed E-state index contributed by atoms with van der Waals surface area (Å²) in [7, 11) is 1.09. The van der Waals surface area contributed by atoms with Gasteiger partial charge in [0.2, 0.25) is 10.0 Å². The van der Waals surface area contributed by atoms with Crippen molar-refractivity contribution in [3.8, 4) is 17.2 Å². The van der Waals surface area contributed by atoms with Gasteiger partial charge in [-0.3, -0.25) is 4.31 Å². The van der Waals surface area contributed by atoms with E-state index in [-0.39, 0.29) is 6.54 Å². The third-order valence-electron chi connectivity index (χ3n) is 3.56. The first-order valence-electron chi connectivity index (χ1n) is 7.22. The van der Waals surface area contributed by atoms with Crippen LogP contribution in [0, 0.1) is 0 Å². The Kier molecular flexibility index (Phi) is 5.56. The van der Waals surface area contributed by atoms with Gasteiger partial charge < -0.3 is 14.2 Å². The summed E-state index contributed by atoms with van der Waals surface area (Å²) < 4.78 is 41.9. The molecule has 0 heterocycles. The van der Waals surface area contributed by atoms with E-state index in [0.29, 0.717) is 28.5 Å². The van der Waals surface area contributed by atoms with Crippen molar-refractivity contribution >= 4 is 15.7 Å². The number of nitrogens with zero attached hydrogens (tertiary/aromatic N) is 1. The van der Waals surface area contributed by atoms with Crippen LogP contribution < -0.4 is 18.5 Å². The van der Waals surface area contributed by atoms with Crippen molar-refractivity contribution in [3.63, 3.8) is 0 Å². The lowest BCUT2D eigenvalue weighted by atomic mass is 10.1. The number of methoxy groups -OCH3 is 3.